The maximum absolute atomic E-state index is 13.7. The number of nitrogens with one attached hydrogen (secondary N) is 2. The molecule has 0 unspecified atom stereocenters. The quantitative estimate of drug-likeness (QED) is 0.750. The number of methoxy groups -OCH3 is 1. The van der Waals surface area contributed by atoms with E-state index in [0.717, 1.165) is 41.8 Å². The molecule has 2 aromatic carbocycles. The van der Waals surface area contributed by atoms with E-state index >= 15 is 0 Å². The third kappa shape index (κ3) is 2.88. The Morgan fingerprint density at radius 2 is 2.10 bits per heavy atom. The molecule has 2 saturated heterocycles. The van der Waals surface area contributed by atoms with Crippen LogP contribution in [0.2, 0.25) is 5.02 Å². The number of amides is 2. The van der Waals surface area contributed by atoms with Crippen molar-refractivity contribution in [1.29, 1.82) is 0 Å². The molecule has 0 bridgehead atoms. The maximum atomic E-state index is 13.7. The number of nitrogens with zero attached hydrogens (tertiary/aromatic N) is 1. The molecule has 0 aliphatic carbocycles. The van der Waals surface area contributed by atoms with E-state index in [2.05, 4.69) is 27.7 Å². The minimum Gasteiger partial charge on any atom is -0.495 e. The van der Waals surface area contributed by atoms with Gasteiger partial charge in [-0.3, -0.25) is 14.5 Å². The summed E-state index contributed by atoms with van der Waals surface area (Å²) >= 11 is 6.16. The van der Waals surface area contributed by atoms with Gasteiger partial charge < -0.3 is 15.4 Å². The molecule has 0 saturated carbocycles. The Kier molecular flexibility index (Phi) is 4.75. The second-order valence-electron chi connectivity index (χ2n) is 8.84. The fraction of sp³-hybridized carbons (Fsp3) is 0.417. The van der Waals surface area contributed by atoms with Crippen LogP contribution in [0.4, 0.5) is 11.4 Å². The Morgan fingerprint density at radius 1 is 1.29 bits per heavy atom. The van der Waals surface area contributed by atoms with Gasteiger partial charge in [0, 0.05) is 22.3 Å². The highest BCUT2D eigenvalue weighted by Gasteiger charge is 2.65. The fourth-order valence-corrected chi connectivity index (χ4v) is 6.05. The molecule has 2 N–H and O–H groups in total. The first kappa shape index (κ1) is 20.3. The lowest BCUT2D eigenvalue weighted by molar-refractivity contribution is -0.135. The summed E-state index contributed by atoms with van der Waals surface area (Å²) in [6.45, 7) is 4.86. The smallest absolute Gasteiger partial charge is 0.250 e. The Balaban J connectivity index is 1.61. The minimum absolute atomic E-state index is 0.0983. The average molecular weight is 440 g/mol. The van der Waals surface area contributed by atoms with Gasteiger partial charge in [-0.2, -0.15) is 0 Å². The van der Waals surface area contributed by atoms with E-state index in [1.807, 2.05) is 13.8 Å². The van der Waals surface area contributed by atoms with Crippen LogP contribution < -0.4 is 15.4 Å². The monoisotopic (exact) mass is 439 g/mol. The van der Waals surface area contributed by atoms with E-state index < -0.39 is 11.5 Å². The lowest BCUT2D eigenvalue weighted by Gasteiger charge is -2.36. The summed E-state index contributed by atoms with van der Waals surface area (Å²) in [4.78, 5) is 29.6. The maximum Gasteiger partial charge on any atom is 0.250 e. The number of anilines is 2. The van der Waals surface area contributed by atoms with Gasteiger partial charge in [-0.05, 0) is 63.4 Å². The number of rotatable bonds is 3. The van der Waals surface area contributed by atoms with Gasteiger partial charge in [0.2, 0.25) is 11.8 Å². The summed E-state index contributed by atoms with van der Waals surface area (Å²) in [7, 11) is 1.55. The van der Waals surface area contributed by atoms with Crippen molar-refractivity contribution in [2.24, 2.45) is 5.92 Å². The molecular formula is C24H26ClN3O3. The summed E-state index contributed by atoms with van der Waals surface area (Å²) in [5.41, 5.74) is 3.42. The molecule has 1 spiro atoms. The molecule has 3 aliphatic rings. The van der Waals surface area contributed by atoms with E-state index in [-0.39, 0.29) is 17.9 Å². The molecular weight excluding hydrogens is 414 g/mol. The van der Waals surface area contributed by atoms with Gasteiger partial charge in [-0.15, -0.1) is 0 Å². The number of benzene rings is 2. The summed E-state index contributed by atoms with van der Waals surface area (Å²) in [6, 6.07) is 9.48. The highest BCUT2D eigenvalue weighted by molar-refractivity contribution is 6.31. The molecule has 5 rings (SSSR count). The molecule has 7 heteroatoms. The first-order valence-corrected chi connectivity index (χ1v) is 11.1. The molecule has 2 fully saturated rings. The van der Waals surface area contributed by atoms with Gasteiger partial charge in [0.05, 0.1) is 18.7 Å². The first-order chi connectivity index (χ1) is 14.9. The van der Waals surface area contributed by atoms with Crippen molar-refractivity contribution in [2.45, 2.75) is 44.7 Å². The second-order valence-corrected chi connectivity index (χ2v) is 9.27. The van der Waals surface area contributed by atoms with Gasteiger partial charge in [0.1, 0.15) is 11.3 Å². The van der Waals surface area contributed by atoms with Crippen LogP contribution >= 0.6 is 11.6 Å². The van der Waals surface area contributed by atoms with Gasteiger partial charge >= 0.3 is 0 Å². The summed E-state index contributed by atoms with van der Waals surface area (Å²) in [5.74, 6) is -0.256. The largest absolute Gasteiger partial charge is 0.495 e. The number of halogens is 1. The van der Waals surface area contributed by atoms with Crippen molar-refractivity contribution in [1.82, 2.24) is 4.90 Å². The van der Waals surface area contributed by atoms with Crippen LogP contribution in [0.1, 0.15) is 36.0 Å². The van der Waals surface area contributed by atoms with Crippen molar-refractivity contribution in [3.8, 4) is 5.75 Å². The van der Waals surface area contributed by atoms with Gasteiger partial charge in [0.25, 0.3) is 0 Å². The molecule has 3 aliphatic heterocycles. The summed E-state index contributed by atoms with van der Waals surface area (Å²) in [5, 5.41) is 6.63. The molecule has 2 aromatic rings. The first-order valence-electron chi connectivity index (χ1n) is 10.7. The fourth-order valence-electron chi connectivity index (χ4n) is 5.88. The van der Waals surface area contributed by atoms with Crippen molar-refractivity contribution in [3.05, 3.63) is 52.0 Å². The van der Waals surface area contributed by atoms with Crippen LogP contribution in [-0.4, -0.2) is 36.4 Å². The summed E-state index contributed by atoms with van der Waals surface area (Å²) in [6.07, 6.45) is 2.68. The van der Waals surface area contributed by atoms with Crippen LogP contribution in [0.15, 0.2) is 30.3 Å². The van der Waals surface area contributed by atoms with E-state index in [0.29, 0.717) is 22.9 Å². The van der Waals surface area contributed by atoms with Crippen LogP contribution in [0.25, 0.3) is 0 Å². The predicted molar refractivity (Wildman–Crippen MR) is 121 cm³/mol. The Bertz CT molecular complexity index is 1100. The topological polar surface area (TPSA) is 70.7 Å². The van der Waals surface area contributed by atoms with Crippen molar-refractivity contribution in [3.63, 3.8) is 0 Å². The van der Waals surface area contributed by atoms with E-state index in [1.165, 1.54) is 0 Å². The van der Waals surface area contributed by atoms with Crippen LogP contribution in [0.3, 0.4) is 0 Å². The third-order valence-corrected chi connectivity index (χ3v) is 7.29. The molecule has 162 valence electrons. The zero-order valence-corrected chi connectivity index (χ0v) is 18.7. The van der Waals surface area contributed by atoms with Gasteiger partial charge in [0.15, 0.2) is 0 Å². The SMILES string of the molecule is COc1ccc(Cl)cc1NC(=O)[C@H]1C[C@H]2CCCN2[C@@]12C(=O)Nc1c(C)cc(C)cc12. The zero-order chi connectivity index (χ0) is 21.9. The third-order valence-electron chi connectivity index (χ3n) is 7.05. The lowest BCUT2D eigenvalue weighted by atomic mass is 9.77. The van der Waals surface area contributed by atoms with Crippen molar-refractivity contribution < 1.29 is 14.3 Å². The number of fused-ring (bicyclic) bond motifs is 4. The number of carbonyl (C=O) groups excluding carboxylic acids is 2. The van der Waals surface area contributed by atoms with Crippen LogP contribution in [-0.2, 0) is 15.1 Å². The minimum atomic E-state index is -0.983. The highest BCUT2D eigenvalue weighted by Crippen LogP contribution is 2.56. The number of hydrogen-bond donors (Lipinski definition) is 2. The number of hydrogen-bond acceptors (Lipinski definition) is 4. The van der Waals surface area contributed by atoms with Crippen molar-refractivity contribution >= 4 is 34.8 Å². The number of aryl methyl sites for hydroxylation is 2. The molecule has 0 radical (unpaired) electrons. The summed E-state index contributed by atoms with van der Waals surface area (Å²) < 4.78 is 5.40. The van der Waals surface area contributed by atoms with E-state index in [1.54, 1.807) is 25.3 Å². The Morgan fingerprint density at radius 3 is 2.87 bits per heavy atom. The van der Waals surface area contributed by atoms with E-state index in [9.17, 15) is 9.59 Å². The standard InChI is InChI=1S/C24H26ClN3O3/c1-13-9-14(2)21-17(10-13)24(23(30)27-21)18(12-16-5-4-8-28(16)24)22(29)26-19-11-15(25)6-7-20(19)31-3/h6-7,9-11,16,18H,4-5,8,12H2,1-3H3,(H,26,29)(H,27,30)/t16-,18-,24-/m1/s1. The van der Waals surface area contributed by atoms with Crippen molar-refractivity contribution in [2.75, 3.05) is 24.3 Å². The Labute approximate surface area is 186 Å². The Hall–Kier alpha value is -2.57. The highest BCUT2D eigenvalue weighted by atomic mass is 35.5. The molecule has 3 heterocycles. The lowest BCUT2D eigenvalue weighted by Crippen LogP contribution is -2.53. The molecule has 31 heavy (non-hydrogen) atoms. The zero-order valence-electron chi connectivity index (χ0n) is 17.9. The van der Waals surface area contributed by atoms with Gasteiger partial charge in [-0.1, -0.05) is 29.3 Å². The molecule has 0 aromatic heterocycles. The van der Waals surface area contributed by atoms with Crippen LogP contribution in [0.5, 0.6) is 5.75 Å². The van der Waals surface area contributed by atoms with Crippen LogP contribution in [0, 0.1) is 19.8 Å². The second kappa shape index (κ2) is 7.24. The molecule has 2 amide bonds. The normalized spacial score (nSPS) is 26.6. The average Bonchev–Trinajstić information content (AvgIpc) is 3.37. The molecule has 6 nitrogen and oxygen atoms in total. The molecule has 3 atom stereocenters. The number of carbonyl (C=O) groups is 2. The van der Waals surface area contributed by atoms with Gasteiger partial charge in [-0.25, -0.2) is 0 Å². The van der Waals surface area contributed by atoms with E-state index in [4.69, 9.17) is 16.3 Å². The number of ether oxygens (including phenoxy) is 1. The predicted octanol–water partition coefficient (Wildman–Crippen LogP) is 4.24.